The molecule has 0 aliphatic rings. The number of nitrogens with zero attached hydrogens (tertiary/aromatic N) is 3. The van der Waals surface area contributed by atoms with E-state index in [9.17, 15) is 0 Å². The molecule has 0 radical (unpaired) electrons. The first-order chi connectivity index (χ1) is 8.43. The molecule has 1 unspecified atom stereocenters. The molecule has 0 bridgehead atoms. The van der Waals surface area contributed by atoms with Crippen LogP contribution < -0.4 is 10.2 Å². The van der Waals surface area contributed by atoms with Crippen molar-refractivity contribution in [1.29, 1.82) is 0 Å². The second-order valence-corrected chi connectivity index (χ2v) is 5.31. The minimum Gasteiger partial charge on any atom is -0.357 e. The molecule has 1 aromatic heterocycles. The van der Waals surface area contributed by atoms with E-state index in [0.29, 0.717) is 12.0 Å². The Morgan fingerprint density at radius 3 is 2.50 bits per heavy atom. The Labute approximate surface area is 111 Å². The molecule has 1 rings (SSSR count). The van der Waals surface area contributed by atoms with Gasteiger partial charge >= 0.3 is 0 Å². The van der Waals surface area contributed by atoms with Gasteiger partial charge in [-0.05, 0) is 33.1 Å². The normalized spacial score (nSPS) is 12.6. The summed E-state index contributed by atoms with van der Waals surface area (Å²) in [4.78, 5) is 11.2. The van der Waals surface area contributed by atoms with Crippen molar-refractivity contribution in [3.8, 4) is 0 Å². The standard InChI is InChI=1S/C14H26N4/c1-7-15-14-16-11(4)9-13(17-14)18(6)12(5)8-10(2)3/h9-10,12H,7-8H2,1-6H3,(H,15,16,17). The molecule has 102 valence electrons. The topological polar surface area (TPSA) is 41.1 Å². The highest BCUT2D eigenvalue weighted by atomic mass is 15.2. The number of hydrogen-bond acceptors (Lipinski definition) is 4. The SMILES string of the molecule is CCNc1nc(C)cc(N(C)C(C)CC(C)C)n1. The molecule has 0 saturated carbocycles. The van der Waals surface area contributed by atoms with Crippen molar-refractivity contribution in [3.05, 3.63) is 11.8 Å². The molecular formula is C14H26N4. The van der Waals surface area contributed by atoms with Gasteiger partial charge < -0.3 is 10.2 Å². The van der Waals surface area contributed by atoms with E-state index >= 15 is 0 Å². The Hall–Kier alpha value is -1.32. The maximum absolute atomic E-state index is 4.56. The number of nitrogens with one attached hydrogen (secondary N) is 1. The van der Waals surface area contributed by atoms with Crippen LogP contribution in [0.25, 0.3) is 0 Å². The number of aryl methyl sites for hydroxylation is 1. The molecule has 18 heavy (non-hydrogen) atoms. The lowest BCUT2D eigenvalue weighted by Gasteiger charge is -2.27. The molecule has 0 fully saturated rings. The van der Waals surface area contributed by atoms with Crippen LogP contribution in [0.1, 0.15) is 39.8 Å². The maximum atomic E-state index is 4.56. The van der Waals surface area contributed by atoms with E-state index in [2.05, 4.69) is 54.9 Å². The van der Waals surface area contributed by atoms with Crippen molar-refractivity contribution < 1.29 is 0 Å². The van der Waals surface area contributed by atoms with Gasteiger partial charge in [0.2, 0.25) is 5.95 Å². The van der Waals surface area contributed by atoms with Crippen LogP contribution in [0.4, 0.5) is 11.8 Å². The van der Waals surface area contributed by atoms with Gasteiger partial charge in [-0.1, -0.05) is 13.8 Å². The van der Waals surface area contributed by atoms with Crippen LogP contribution in [0.3, 0.4) is 0 Å². The molecule has 0 spiro atoms. The first-order valence-corrected chi connectivity index (χ1v) is 6.76. The zero-order chi connectivity index (χ0) is 13.7. The van der Waals surface area contributed by atoms with Gasteiger partial charge in [-0.3, -0.25) is 0 Å². The molecule has 0 amide bonds. The Morgan fingerprint density at radius 1 is 1.28 bits per heavy atom. The molecule has 0 aliphatic heterocycles. The van der Waals surface area contributed by atoms with Crippen LogP contribution in [0.5, 0.6) is 0 Å². The van der Waals surface area contributed by atoms with E-state index in [0.717, 1.165) is 30.4 Å². The third-order valence-electron chi connectivity index (χ3n) is 3.01. The van der Waals surface area contributed by atoms with Crippen LogP contribution in [0.15, 0.2) is 6.07 Å². The highest BCUT2D eigenvalue weighted by molar-refractivity contribution is 5.44. The van der Waals surface area contributed by atoms with Crippen molar-refractivity contribution in [2.75, 3.05) is 23.8 Å². The van der Waals surface area contributed by atoms with Crippen molar-refractivity contribution >= 4 is 11.8 Å². The lowest BCUT2D eigenvalue weighted by atomic mass is 10.0. The van der Waals surface area contributed by atoms with E-state index in [1.807, 2.05) is 13.0 Å². The predicted molar refractivity (Wildman–Crippen MR) is 78.3 cm³/mol. The second kappa shape index (κ2) is 6.57. The first kappa shape index (κ1) is 14.7. The minimum absolute atomic E-state index is 0.480. The fourth-order valence-electron chi connectivity index (χ4n) is 2.04. The first-order valence-electron chi connectivity index (χ1n) is 6.76. The molecule has 1 aromatic rings. The van der Waals surface area contributed by atoms with E-state index in [1.165, 1.54) is 0 Å². The van der Waals surface area contributed by atoms with Crippen molar-refractivity contribution in [2.24, 2.45) is 5.92 Å². The molecule has 1 N–H and O–H groups in total. The summed E-state index contributed by atoms with van der Waals surface area (Å²) in [7, 11) is 2.10. The third kappa shape index (κ3) is 4.17. The summed E-state index contributed by atoms with van der Waals surface area (Å²) >= 11 is 0. The molecule has 0 aliphatic carbocycles. The van der Waals surface area contributed by atoms with Crippen LogP contribution in [-0.2, 0) is 0 Å². The Morgan fingerprint density at radius 2 is 1.94 bits per heavy atom. The summed E-state index contributed by atoms with van der Waals surface area (Å²) in [6.45, 7) is 11.6. The summed E-state index contributed by atoms with van der Waals surface area (Å²) in [6.07, 6.45) is 1.16. The van der Waals surface area contributed by atoms with E-state index < -0.39 is 0 Å². The smallest absolute Gasteiger partial charge is 0.224 e. The van der Waals surface area contributed by atoms with Gasteiger partial charge in [0.25, 0.3) is 0 Å². The highest BCUT2D eigenvalue weighted by Gasteiger charge is 2.14. The summed E-state index contributed by atoms with van der Waals surface area (Å²) < 4.78 is 0. The van der Waals surface area contributed by atoms with Gasteiger partial charge in [-0.2, -0.15) is 4.98 Å². The number of anilines is 2. The number of hydrogen-bond donors (Lipinski definition) is 1. The molecule has 4 nitrogen and oxygen atoms in total. The average molecular weight is 250 g/mol. The summed E-state index contributed by atoms with van der Waals surface area (Å²) in [6, 6.07) is 2.52. The zero-order valence-electron chi connectivity index (χ0n) is 12.5. The van der Waals surface area contributed by atoms with Crippen molar-refractivity contribution in [2.45, 2.75) is 47.1 Å². The minimum atomic E-state index is 0.480. The molecule has 1 atom stereocenters. The van der Waals surface area contributed by atoms with Gasteiger partial charge in [0, 0.05) is 31.4 Å². The summed E-state index contributed by atoms with van der Waals surface area (Å²) in [5, 5.41) is 3.17. The fourth-order valence-corrected chi connectivity index (χ4v) is 2.04. The lowest BCUT2D eigenvalue weighted by Crippen LogP contribution is -2.31. The predicted octanol–water partition coefficient (Wildman–Crippen LogP) is 3.09. The lowest BCUT2D eigenvalue weighted by molar-refractivity contribution is 0.502. The van der Waals surface area contributed by atoms with Gasteiger partial charge in [0.05, 0.1) is 0 Å². The molecule has 0 aromatic carbocycles. The maximum Gasteiger partial charge on any atom is 0.224 e. The number of rotatable bonds is 6. The largest absolute Gasteiger partial charge is 0.357 e. The molecule has 4 heteroatoms. The quantitative estimate of drug-likeness (QED) is 0.842. The zero-order valence-corrected chi connectivity index (χ0v) is 12.5. The van der Waals surface area contributed by atoms with Crippen molar-refractivity contribution in [1.82, 2.24) is 9.97 Å². The van der Waals surface area contributed by atoms with Crippen LogP contribution >= 0.6 is 0 Å². The van der Waals surface area contributed by atoms with Gasteiger partial charge in [0.1, 0.15) is 5.82 Å². The van der Waals surface area contributed by atoms with Gasteiger partial charge in [-0.15, -0.1) is 0 Å². The average Bonchev–Trinajstić information content (AvgIpc) is 2.26. The number of aromatic nitrogens is 2. The molecule has 0 saturated heterocycles. The summed E-state index contributed by atoms with van der Waals surface area (Å²) in [5.41, 5.74) is 1.000. The monoisotopic (exact) mass is 250 g/mol. The van der Waals surface area contributed by atoms with E-state index in [-0.39, 0.29) is 0 Å². The van der Waals surface area contributed by atoms with Gasteiger partial charge in [-0.25, -0.2) is 4.98 Å². The van der Waals surface area contributed by atoms with Crippen LogP contribution in [-0.4, -0.2) is 29.6 Å². The van der Waals surface area contributed by atoms with Crippen molar-refractivity contribution in [3.63, 3.8) is 0 Å². The molecular weight excluding hydrogens is 224 g/mol. The van der Waals surface area contributed by atoms with E-state index in [1.54, 1.807) is 0 Å². The Bertz CT molecular complexity index is 376. The van der Waals surface area contributed by atoms with Gasteiger partial charge in [0.15, 0.2) is 0 Å². The third-order valence-corrected chi connectivity index (χ3v) is 3.01. The Kier molecular flexibility index (Phi) is 5.38. The summed E-state index contributed by atoms with van der Waals surface area (Å²) in [5.74, 6) is 2.40. The fraction of sp³-hybridized carbons (Fsp3) is 0.714. The van der Waals surface area contributed by atoms with Crippen LogP contribution in [0.2, 0.25) is 0 Å². The second-order valence-electron chi connectivity index (χ2n) is 5.31. The van der Waals surface area contributed by atoms with Crippen LogP contribution in [0, 0.1) is 12.8 Å². The highest BCUT2D eigenvalue weighted by Crippen LogP contribution is 2.19. The Balaban J connectivity index is 2.87. The molecule has 1 heterocycles. The van der Waals surface area contributed by atoms with E-state index in [4.69, 9.17) is 0 Å².